The van der Waals surface area contributed by atoms with E-state index < -0.39 is 0 Å². The Morgan fingerprint density at radius 1 is 0.862 bits per heavy atom. The summed E-state index contributed by atoms with van der Waals surface area (Å²) in [4.78, 5) is 26.7. The van der Waals surface area contributed by atoms with Crippen LogP contribution in [-0.4, -0.2) is 35.8 Å². The van der Waals surface area contributed by atoms with Gasteiger partial charge in [0.1, 0.15) is 0 Å². The zero-order valence-corrected chi connectivity index (χ0v) is 17.4. The van der Waals surface area contributed by atoms with Crippen molar-refractivity contribution in [1.29, 1.82) is 0 Å². The fourth-order valence-electron chi connectivity index (χ4n) is 3.83. The van der Waals surface area contributed by atoms with Crippen LogP contribution in [0.1, 0.15) is 49.3 Å². The van der Waals surface area contributed by atoms with Crippen molar-refractivity contribution in [2.24, 2.45) is 0 Å². The average molecular weight is 393 g/mol. The summed E-state index contributed by atoms with van der Waals surface area (Å²) in [6, 6.07) is 18.8. The van der Waals surface area contributed by atoms with Gasteiger partial charge in [-0.05, 0) is 48.8 Å². The number of likely N-dealkylation sites (tertiary alicyclic amines) is 1. The lowest BCUT2D eigenvalue weighted by Gasteiger charge is -2.32. The van der Waals surface area contributed by atoms with Crippen molar-refractivity contribution in [1.82, 2.24) is 10.2 Å². The summed E-state index contributed by atoms with van der Waals surface area (Å²) in [5, 5.41) is 3.14. The van der Waals surface area contributed by atoms with Gasteiger partial charge in [0.25, 0.3) is 0 Å². The maximum absolute atomic E-state index is 12.5. The van der Waals surface area contributed by atoms with Crippen LogP contribution in [0.25, 0.3) is 0 Å². The first-order valence-electron chi connectivity index (χ1n) is 10.8. The van der Waals surface area contributed by atoms with Crippen LogP contribution in [0.5, 0.6) is 0 Å². The topological polar surface area (TPSA) is 49.4 Å². The first-order chi connectivity index (χ1) is 14.1. The van der Waals surface area contributed by atoms with E-state index in [4.69, 9.17) is 0 Å². The van der Waals surface area contributed by atoms with Crippen molar-refractivity contribution in [3.05, 3.63) is 71.3 Å². The number of benzene rings is 2. The van der Waals surface area contributed by atoms with Gasteiger partial charge in [-0.3, -0.25) is 9.59 Å². The van der Waals surface area contributed by atoms with Gasteiger partial charge >= 0.3 is 0 Å². The molecular formula is C25H32N2O2. The van der Waals surface area contributed by atoms with Gasteiger partial charge in [0.05, 0.1) is 0 Å². The van der Waals surface area contributed by atoms with Crippen LogP contribution < -0.4 is 5.32 Å². The molecule has 0 unspecified atom stereocenters. The van der Waals surface area contributed by atoms with E-state index in [0.717, 1.165) is 45.2 Å². The number of rotatable bonds is 8. The largest absolute Gasteiger partial charge is 0.353 e. The molecule has 2 aromatic carbocycles. The molecule has 4 nitrogen and oxygen atoms in total. The molecule has 0 bridgehead atoms. The van der Waals surface area contributed by atoms with Crippen LogP contribution in [-0.2, 0) is 28.9 Å². The molecule has 1 aliphatic heterocycles. The molecule has 0 spiro atoms. The summed E-state index contributed by atoms with van der Waals surface area (Å²) in [6.45, 7) is 3.61. The van der Waals surface area contributed by atoms with E-state index >= 15 is 0 Å². The average Bonchev–Trinajstić information content (AvgIpc) is 2.77. The van der Waals surface area contributed by atoms with Gasteiger partial charge in [-0.1, -0.05) is 61.5 Å². The molecule has 0 radical (unpaired) electrons. The molecule has 1 saturated heterocycles. The molecule has 4 heteroatoms. The third-order valence-corrected chi connectivity index (χ3v) is 5.76. The van der Waals surface area contributed by atoms with Gasteiger partial charge in [0.2, 0.25) is 11.8 Å². The summed E-state index contributed by atoms with van der Waals surface area (Å²) in [7, 11) is 0. The van der Waals surface area contributed by atoms with E-state index in [1.165, 1.54) is 16.7 Å². The smallest absolute Gasteiger partial charge is 0.222 e. The molecule has 0 aromatic heterocycles. The van der Waals surface area contributed by atoms with Gasteiger partial charge in [-0.2, -0.15) is 0 Å². The number of hydrogen-bond acceptors (Lipinski definition) is 2. The molecule has 0 saturated carbocycles. The molecular weight excluding hydrogens is 360 g/mol. The highest BCUT2D eigenvalue weighted by molar-refractivity contribution is 5.77. The van der Waals surface area contributed by atoms with Crippen molar-refractivity contribution in [3.8, 4) is 0 Å². The molecule has 154 valence electrons. The lowest BCUT2D eigenvalue weighted by atomic mass is 10.0. The number of hydrogen-bond donors (Lipinski definition) is 1. The van der Waals surface area contributed by atoms with Gasteiger partial charge < -0.3 is 10.2 Å². The Morgan fingerprint density at radius 2 is 1.45 bits per heavy atom. The van der Waals surface area contributed by atoms with E-state index in [-0.39, 0.29) is 17.9 Å². The number of amides is 2. The normalized spacial score (nSPS) is 14.6. The van der Waals surface area contributed by atoms with Crippen LogP contribution in [0.4, 0.5) is 0 Å². The third kappa shape index (κ3) is 6.74. The summed E-state index contributed by atoms with van der Waals surface area (Å²) in [5.41, 5.74) is 3.73. The molecule has 29 heavy (non-hydrogen) atoms. The minimum absolute atomic E-state index is 0.106. The Labute approximate surface area is 174 Å². The molecule has 1 heterocycles. The zero-order valence-electron chi connectivity index (χ0n) is 17.4. The van der Waals surface area contributed by atoms with Gasteiger partial charge in [-0.15, -0.1) is 0 Å². The van der Waals surface area contributed by atoms with Crippen LogP contribution in [0.3, 0.4) is 0 Å². The van der Waals surface area contributed by atoms with Crippen molar-refractivity contribution in [3.63, 3.8) is 0 Å². The van der Waals surface area contributed by atoms with E-state index in [2.05, 4.69) is 48.6 Å². The number of aryl methyl sites for hydroxylation is 3. The van der Waals surface area contributed by atoms with Crippen LogP contribution in [0.15, 0.2) is 54.6 Å². The van der Waals surface area contributed by atoms with Crippen molar-refractivity contribution >= 4 is 11.8 Å². The number of nitrogens with one attached hydrogen (secondary N) is 1. The van der Waals surface area contributed by atoms with Crippen molar-refractivity contribution in [2.45, 2.75) is 57.9 Å². The Kier molecular flexibility index (Phi) is 7.85. The number of carbonyl (C=O) groups excluding carboxylic acids is 2. The van der Waals surface area contributed by atoms with Gasteiger partial charge in [-0.25, -0.2) is 0 Å². The van der Waals surface area contributed by atoms with E-state index in [0.29, 0.717) is 12.8 Å². The van der Waals surface area contributed by atoms with Crippen molar-refractivity contribution < 1.29 is 9.59 Å². The fraction of sp³-hybridized carbons (Fsp3) is 0.440. The third-order valence-electron chi connectivity index (χ3n) is 5.76. The monoisotopic (exact) mass is 392 g/mol. The quantitative estimate of drug-likeness (QED) is 0.740. The Morgan fingerprint density at radius 3 is 2.10 bits per heavy atom. The molecule has 2 amide bonds. The van der Waals surface area contributed by atoms with Crippen LogP contribution >= 0.6 is 0 Å². The van der Waals surface area contributed by atoms with Crippen LogP contribution in [0.2, 0.25) is 0 Å². The van der Waals surface area contributed by atoms with E-state index in [1.807, 2.05) is 23.1 Å². The first kappa shape index (κ1) is 21.1. The number of carbonyl (C=O) groups is 2. The Balaban J connectivity index is 1.34. The number of nitrogens with zero attached hydrogens (tertiary/aromatic N) is 1. The zero-order chi connectivity index (χ0) is 20.5. The summed E-state index contributed by atoms with van der Waals surface area (Å²) in [5.74, 6) is 0.326. The summed E-state index contributed by atoms with van der Waals surface area (Å²) in [6.07, 6.45) is 5.35. The highest BCUT2D eigenvalue weighted by atomic mass is 16.2. The van der Waals surface area contributed by atoms with Crippen molar-refractivity contribution in [2.75, 3.05) is 13.1 Å². The fourth-order valence-corrected chi connectivity index (χ4v) is 3.83. The minimum Gasteiger partial charge on any atom is -0.353 e. The predicted molar refractivity (Wildman–Crippen MR) is 117 cm³/mol. The minimum atomic E-state index is 0.106. The Bertz CT molecular complexity index is 778. The van der Waals surface area contributed by atoms with Crippen LogP contribution in [0, 0.1) is 0 Å². The predicted octanol–water partition coefficient (Wildman–Crippen LogP) is 3.92. The van der Waals surface area contributed by atoms with E-state index in [1.54, 1.807) is 0 Å². The molecule has 0 aliphatic carbocycles. The highest BCUT2D eigenvalue weighted by Crippen LogP contribution is 2.14. The SMILES string of the molecule is CCc1ccc(CCC(=O)N2CCC(NC(=O)CCc3ccccc3)CC2)cc1. The molecule has 3 rings (SSSR count). The maximum Gasteiger partial charge on any atom is 0.222 e. The number of piperidine rings is 1. The standard InChI is InChI=1S/C25H32N2O2/c1-2-20-8-10-22(11-9-20)13-15-25(29)27-18-16-23(17-19-27)26-24(28)14-12-21-6-4-3-5-7-21/h3-11,23H,2,12-19H2,1H3,(H,26,28). The van der Waals surface area contributed by atoms with Gasteiger partial charge in [0.15, 0.2) is 0 Å². The lowest BCUT2D eigenvalue weighted by Crippen LogP contribution is -2.46. The molecule has 1 N–H and O–H groups in total. The summed E-state index contributed by atoms with van der Waals surface area (Å²) >= 11 is 0. The maximum atomic E-state index is 12.5. The second-order valence-corrected chi connectivity index (χ2v) is 7.88. The first-order valence-corrected chi connectivity index (χ1v) is 10.8. The molecule has 2 aromatic rings. The molecule has 1 fully saturated rings. The lowest BCUT2D eigenvalue weighted by molar-refractivity contribution is -0.132. The Hall–Kier alpha value is -2.62. The highest BCUT2D eigenvalue weighted by Gasteiger charge is 2.23. The summed E-state index contributed by atoms with van der Waals surface area (Å²) < 4.78 is 0. The van der Waals surface area contributed by atoms with E-state index in [9.17, 15) is 9.59 Å². The second kappa shape index (κ2) is 10.8. The molecule has 0 atom stereocenters. The van der Waals surface area contributed by atoms with Gasteiger partial charge in [0, 0.05) is 32.0 Å². The second-order valence-electron chi connectivity index (χ2n) is 7.88. The molecule has 1 aliphatic rings.